The maximum atomic E-state index is 9.62. The van der Waals surface area contributed by atoms with Gasteiger partial charge in [-0.05, 0) is 18.8 Å². The molecule has 0 unspecified atom stereocenters. The highest BCUT2D eigenvalue weighted by Crippen LogP contribution is 2.33. The van der Waals surface area contributed by atoms with Gasteiger partial charge in [-0.3, -0.25) is 0 Å². The first-order valence-corrected chi connectivity index (χ1v) is 4.13. The Morgan fingerprint density at radius 2 is 2.09 bits per heavy atom. The molecule has 0 aromatic rings. The molecule has 1 fully saturated rings. The van der Waals surface area contributed by atoms with Crippen LogP contribution in [0.3, 0.4) is 0 Å². The molecule has 0 aliphatic heterocycles. The average Bonchev–Trinajstić information content (AvgIpc) is 1.86. The Balaban J connectivity index is 2.55. The van der Waals surface area contributed by atoms with Gasteiger partial charge in [-0.25, -0.2) is 0 Å². The van der Waals surface area contributed by atoms with E-state index >= 15 is 0 Å². The normalized spacial score (nSPS) is 39.5. The Hall–Kier alpha value is -0.120. The van der Waals surface area contributed by atoms with Crippen LogP contribution in [0.1, 0.15) is 32.6 Å². The second-order valence-electron chi connectivity index (χ2n) is 3.68. The highest BCUT2D eigenvalue weighted by atomic mass is 16.5. The Kier molecular flexibility index (Phi) is 2.52. The second kappa shape index (κ2) is 3.09. The minimum absolute atomic E-state index is 0.399. The van der Waals surface area contributed by atoms with E-state index in [1.54, 1.807) is 0 Å². The molecule has 2 atom stereocenters. The molecule has 0 heterocycles. The van der Waals surface area contributed by atoms with E-state index in [-0.39, 0.29) is 0 Å². The molecule has 0 aromatic heterocycles. The lowest BCUT2D eigenvalue weighted by Gasteiger charge is -2.36. The van der Waals surface area contributed by atoms with Crippen LogP contribution in [0.25, 0.3) is 0 Å². The van der Waals surface area contributed by atoms with Crippen molar-refractivity contribution >= 4 is 0 Å². The molecule has 0 radical (unpaired) electrons. The van der Waals surface area contributed by atoms with E-state index in [0.717, 1.165) is 12.8 Å². The van der Waals surface area contributed by atoms with Crippen LogP contribution in [0.5, 0.6) is 0 Å². The smallest absolute Gasteiger partial charge is 0.181 e. The zero-order valence-corrected chi connectivity index (χ0v) is 6.82. The van der Waals surface area contributed by atoms with Crippen molar-refractivity contribution in [3.8, 4) is 0 Å². The number of rotatable bonds is 1. The standard InChI is InChI=1S/C8H16O3/c1-6-3-2-4-8(11,5-6)7(9)10/h6-7,9-11H,2-5H2,1H3/t6-,8-/m0/s1. The van der Waals surface area contributed by atoms with Crippen molar-refractivity contribution in [1.29, 1.82) is 0 Å². The van der Waals surface area contributed by atoms with Crippen LogP contribution in [-0.4, -0.2) is 27.2 Å². The predicted molar refractivity (Wildman–Crippen MR) is 40.8 cm³/mol. The number of hydrogen-bond acceptors (Lipinski definition) is 3. The van der Waals surface area contributed by atoms with Gasteiger partial charge in [-0.1, -0.05) is 19.8 Å². The van der Waals surface area contributed by atoms with Gasteiger partial charge in [0.1, 0.15) is 5.60 Å². The van der Waals surface area contributed by atoms with Gasteiger partial charge < -0.3 is 15.3 Å². The fourth-order valence-electron chi connectivity index (χ4n) is 1.80. The van der Waals surface area contributed by atoms with Crippen LogP contribution in [0, 0.1) is 5.92 Å². The lowest BCUT2D eigenvalue weighted by Crippen LogP contribution is -2.45. The van der Waals surface area contributed by atoms with Crippen molar-refractivity contribution in [2.75, 3.05) is 0 Å². The number of aliphatic hydroxyl groups is 3. The molecule has 0 aromatic carbocycles. The third-order valence-electron chi connectivity index (χ3n) is 2.49. The minimum atomic E-state index is -1.58. The van der Waals surface area contributed by atoms with Gasteiger partial charge in [0.05, 0.1) is 0 Å². The van der Waals surface area contributed by atoms with Gasteiger partial charge >= 0.3 is 0 Å². The molecular weight excluding hydrogens is 144 g/mol. The van der Waals surface area contributed by atoms with Crippen molar-refractivity contribution in [2.24, 2.45) is 5.92 Å². The molecule has 1 saturated carbocycles. The summed E-state index contributed by atoms with van der Waals surface area (Å²) in [6.07, 6.45) is 1.40. The third-order valence-corrected chi connectivity index (χ3v) is 2.49. The average molecular weight is 160 g/mol. The fraction of sp³-hybridized carbons (Fsp3) is 1.00. The zero-order chi connectivity index (χ0) is 8.48. The summed E-state index contributed by atoms with van der Waals surface area (Å²) in [6, 6.07) is 0. The molecule has 0 spiro atoms. The van der Waals surface area contributed by atoms with E-state index < -0.39 is 11.9 Å². The van der Waals surface area contributed by atoms with Crippen LogP contribution in [-0.2, 0) is 0 Å². The lowest BCUT2D eigenvalue weighted by atomic mass is 9.78. The largest absolute Gasteiger partial charge is 0.385 e. The van der Waals surface area contributed by atoms with Crippen molar-refractivity contribution < 1.29 is 15.3 Å². The highest BCUT2D eigenvalue weighted by molar-refractivity contribution is 4.86. The van der Waals surface area contributed by atoms with E-state index in [2.05, 4.69) is 0 Å². The quantitative estimate of drug-likeness (QED) is 0.481. The summed E-state index contributed by atoms with van der Waals surface area (Å²) in [5.41, 5.74) is -1.24. The summed E-state index contributed by atoms with van der Waals surface area (Å²) in [7, 11) is 0. The minimum Gasteiger partial charge on any atom is -0.385 e. The van der Waals surface area contributed by atoms with E-state index in [9.17, 15) is 5.11 Å². The van der Waals surface area contributed by atoms with Crippen LogP contribution in [0.4, 0.5) is 0 Å². The van der Waals surface area contributed by atoms with E-state index in [1.807, 2.05) is 6.92 Å². The topological polar surface area (TPSA) is 60.7 Å². The van der Waals surface area contributed by atoms with Crippen molar-refractivity contribution in [3.05, 3.63) is 0 Å². The van der Waals surface area contributed by atoms with Crippen molar-refractivity contribution in [1.82, 2.24) is 0 Å². The summed E-state index contributed by atoms with van der Waals surface area (Å²) >= 11 is 0. The van der Waals surface area contributed by atoms with E-state index in [4.69, 9.17) is 10.2 Å². The summed E-state index contributed by atoms with van der Waals surface area (Å²) in [5, 5.41) is 27.3. The van der Waals surface area contributed by atoms with Gasteiger partial charge in [0.25, 0.3) is 0 Å². The van der Waals surface area contributed by atoms with Crippen molar-refractivity contribution in [3.63, 3.8) is 0 Å². The van der Waals surface area contributed by atoms with Gasteiger partial charge in [0.15, 0.2) is 6.29 Å². The summed E-state index contributed by atoms with van der Waals surface area (Å²) in [6.45, 7) is 2.02. The molecule has 0 amide bonds. The van der Waals surface area contributed by atoms with Crippen molar-refractivity contribution in [2.45, 2.75) is 44.5 Å². The molecule has 1 aliphatic rings. The Bertz CT molecular complexity index is 135. The molecule has 1 aliphatic carbocycles. The summed E-state index contributed by atoms with van der Waals surface area (Å²) in [4.78, 5) is 0. The molecule has 3 N–H and O–H groups in total. The molecule has 66 valence electrons. The maximum absolute atomic E-state index is 9.62. The van der Waals surface area contributed by atoms with Crippen LogP contribution < -0.4 is 0 Å². The van der Waals surface area contributed by atoms with Crippen LogP contribution >= 0.6 is 0 Å². The van der Waals surface area contributed by atoms with Gasteiger partial charge in [-0.15, -0.1) is 0 Å². The first-order valence-electron chi connectivity index (χ1n) is 4.13. The Morgan fingerprint density at radius 3 is 2.45 bits per heavy atom. The second-order valence-corrected chi connectivity index (χ2v) is 3.68. The Morgan fingerprint density at radius 1 is 1.45 bits per heavy atom. The zero-order valence-electron chi connectivity index (χ0n) is 6.82. The van der Waals surface area contributed by atoms with E-state index in [1.165, 1.54) is 0 Å². The SMILES string of the molecule is C[C@H]1CCC[C@@](O)(C(O)O)C1. The predicted octanol–water partition coefficient (Wildman–Crippen LogP) is 0.238. The monoisotopic (exact) mass is 160 g/mol. The maximum Gasteiger partial charge on any atom is 0.181 e. The number of aliphatic hydroxyl groups excluding tert-OH is 1. The first kappa shape index (κ1) is 8.97. The van der Waals surface area contributed by atoms with Gasteiger partial charge in [0.2, 0.25) is 0 Å². The highest BCUT2D eigenvalue weighted by Gasteiger charge is 2.38. The molecule has 0 bridgehead atoms. The first-order chi connectivity index (χ1) is 5.04. The molecule has 0 saturated heterocycles. The molecule has 3 nitrogen and oxygen atoms in total. The third kappa shape index (κ3) is 1.92. The van der Waals surface area contributed by atoms with Crippen LogP contribution in [0.2, 0.25) is 0 Å². The summed E-state index contributed by atoms with van der Waals surface area (Å²) in [5.74, 6) is 0.399. The van der Waals surface area contributed by atoms with Gasteiger partial charge in [-0.2, -0.15) is 0 Å². The molecule has 11 heavy (non-hydrogen) atoms. The molecule has 1 rings (SSSR count). The van der Waals surface area contributed by atoms with E-state index in [0.29, 0.717) is 18.8 Å². The van der Waals surface area contributed by atoms with Crippen LogP contribution in [0.15, 0.2) is 0 Å². The fourth-order valence-corrected chi connectivity index (χ4v) is 1.80. The Labute approximate surface area is 66.7 Å². The molecule has 3 heteroatoms. The lowest BCUT2D eigenvalue weighted by molar-refractivity contribution is -0.201. The summed E-state index contributed by atoms with van der Waals surface area (Å²) < 4.78 is 0. The van der Waals surface area contributed by atoms with Gasteiger partial charge in [0, 0.05) is 0 Å². The number of hydrogen-bond donors (Lipinski definition) is 3. The molecular formula is C8H16O3.